The fraction of sp³-hybridized carbons (Fsp3) is 0.182. The smallest absolute Gasteiger partial charge is 0.186 e. The van der Waals surface area contributed by atoms with Crippen molar-refractivity contribution >= 4 is 40.0 Å². The van der Waals surface area contributed by atoms with Gasteiger partial charge in [0, 0.05) is 24.0 Å². The Balaban J connectivity index is 1.69. The molecule has 28 heavy (non-hydrogen) atoms. The van der Waals surface area contributed by atoms with Gasteiger partial charge in [0.25, 0.3) is 0 Å². The van der Waals surface area contributed by atoms with Crippen LogP contribution in [0.25, 0.3) is 16.5 Å². The molecule has 0 fully saturated rings. The minimum Gasteiger partial charge on any atom is -0.453 e. The second-order valence-electron chi connectivity index (χ2n) is 6.89. The number of hydrogen-bond donors (Lipinski definition) is 1. The summed E-state index contributed by atoms with van der Waals surface area (Å²) in [4.78, 5) is 8.84. The first-order chi connectivity index (χ1) is 13.5. The number of aromatic nitrogens is 1. The molecule has 0 bridgehead atoms. The molecule has 0 aliphatic carbocycles. The number of fused-ring (bicyclic) bond motifs is 1. The first-order valence-corrected chi connectivity index (χ1v) is 9.43. The Kier molecular flexibility index (Phi) is 5.01. The number of benzene rings is 2. The fourth-order valence-corrected chi connectivity index (χ4v) is 3.33. The fourth-order valence-electron chi connectivity index (χ4n) is 3.18. The van der Waals surface area contributed by atoms with Crippen LogP contribution in [-0.2, 0) is 0 Å². The predicted molar refractivity (Wildman–Crippen MR) is 113 cm³/mol. The average molecular weight is 396 g/mol. The molecule has 0 spiro atoms. The van der Waals surface area contributed by atoms with Crippen LogP contribution in [0.4, 0.5) is 10.1 Å². The third-order valence-electron chi connectivity index (χ3n) is 4.81. The third kappa shape index (κ3) is 3.58. The van der Waals surface area contributed by atoms with E-state index in [9.17, 15) is 4.39 Å². The van der Waals surface area contributed by atoms with E-state index < -0.39 is 5.82 Å². The summed E-state index contributed by atoms with van der Waals surface area (Å²) in [5.41, 5.74) is 8.81. The number of ether oxygens (including phenoxy) is 1. The summed E-state index contributed by atoms with van der Waals surface area (Å²) in [5.74, 6) is 0.302. The normalized spacial score (nSPS) is 16.7. The number of nitrogen functional groups attached to an aromatic ring is 1. The second kappa shape index (κ2) is 7.60. The Bertz CT molecular complexity index is 1110. The lowest BCUT2D eigenvalue weighted by Gasteiger charge is -2.12. The largest absolute Gasteiger partial charge is 0.453 e. The molecular formula is C22H19ClFN3O. The average Bonchev–Trinajstić information content (AvgIpc) is 2.92. The quantitative estimate of drug-likeness (QED) is 0.533. The zero-order valence-electron chi connectivity index (χ0n) is 15.3. The van der Waals surface area contributed by atoms with Crippen molar-refractivity contribution in [3.8, 4) is 11.5 Å². The highest BCUT2D eigenvalue weighted by Gasteiger charge is 2.14. The number of anilines is 1. The molecule has 0 saturated heterocycles. The molecule has 2 N–H and O–H groups in total. The maximum absolute atomic E-state index is 14.4. The second-order valence-corrected chi connectivity index (χ2v) is 7.27. The number of nitrogens with two attached hydrogens (primary N) is 1. The van der Waals surface area contributed by atoms with Crippen molar-refractivity contribution in [1.29, 1.82) is 0 Å². The SMILES string of the molecule is CC1C=NC=C(c2ccc3c(Oc4ccc(N)c(Cl)c4F)ccnc3c2)CC1. The number of rotatable bonds is 3. The first kappa shape index (κ1) is 18.4. The molecule has 2 aromatic carbocycles. The molecule has 0 saturated carbocycles. The Hall–Kier alpha value is -2.92. The zero-order valence-corrected chi connectivity index (χ0v) is 16.1. The summed E-state index contributed by atoms with van der Waals surface area (Å²) in [6.07, 6.45) is 7.54. The highest BCUT2D eigenvalue weighted by atomic mass is 35.5. The van der Waals surface area contributed by atoms with Gasteiger partial charge in [-0.1, -0.05) is 24.6 Å². The lowest BCUT2D eigenvalue weighted by molar-refractivity contribution is 0.446. The van der Waals surface area contributed by atoms with Gasteiger partial charge in [0.2, 0.25) is 0 Å². The molecule has 1 aromatic heterocycles. The van der Waals surface area contributed by atoms with E-state index >= 15 is 0 Å². The Labute approximate surface area is 167 Å². The van der Waals surface area contributed by atoms with Gasteiger partial charge in [-0.25, -0.2) is 4.39 Å². The number of aliphatic imine (C=N–C) groups is 1. The Morgan fingerprint density at radius 2 is 2.04 bits per heavy atom. The van der Waals surface area contributed by atoms with Gasteiger partial charge in [-0.15, -0.1) is 0 Å². The molecule has 0 radical (unpaired) electrons. The van der Waals surface area contributed by atoms with Crippen LogP contribution in [0.15, 0.2) is 53.8 Å². The van der Waals surface area contributed by atoms with Crippen molar-refractivity contribution in [3.63, 3.8) is 0 Å². The van der Waals surface area contributed by atoms with Crippen molar-refractivity contribution in [3.05, 3.63) is 65.2 Å². The Morgan fingerprint density at radius 1 is 1.18 bits per heavy atom. The number of nitrogens with zero attached hydrogens (tertiary/aromatic N) is 2. The van der Waals surface area contributed by atoms with Crippen LogP contribution in [0.3, 0.4) is 0 Å². The number of allylic oxidation sites excluding steroid dienone is 1. The van der Waals surface area contributed by atoms with Gasteiger partial charge in [0.15, 0.2) is 11.6 Å². The minimum atomic E-state index is -0.682. The van der Waals surface area contributed by atoms with E-state index in [-0.39, 0.29) is 16.5 Å². The minimum absolute atomic E-state index is 0.0191. The lowest BCUT2D eigenvalue weighted by Crippen LogP contribution is -1.95. The molecule has 142 valence electrons. The van der Waals surface area contributed by atoms with E-state index in [4.69, 9.17) is 22.1 Å². The molecular weight excluding hydrogens is 377 g/mol. The van der Waals surface area contributed by atoms with E-state index in [0.717, 1.165) is 29.3 Å². The van der Waals surface area contributed by atoms with Gasteiger partial charge >= 0.3 is 0 Å². The summed E-state index contributed by atoms with van der Waals surface area (Å²) in [5, 5.41) is 0.637. The molecule has 1 atom stereocenters. The zero-order chi connectivity index (χ0) is 19.7. The monoisotopic (exact) mass is 395 g/mol. The standard InChI is InChI=1S/C22H19ClFN3O/c1-13-2-3-15(12-26-11-13)14-4-5-16-18(10-14)27-9-8-19(16)28-20-7-6-17(25)21(23)22(20)24/h4-13H,2-3,25H2,1H3. The highest BCUT2D eigenvalue weighted by molar-refractivity contribution is 6.33. The molecule has 2 heterocycles. The van der Waals surface area contributed by atoms with Gasteiger partial charge in [-0.3, -0.25) is 9.98 Å². The van der Waals surface area contributed by atoms with Crippen LogP contribution in [-0.4, -0.2) is 11.2 Å². The third-order valence-corrected chi connectivity index (χ3v) is 5.19. The summed E-state index contributed by atoms with van der Waals surface area (Å²) in [6, 6.07) is 10.6. The van der Waals surface area contributed by atoms with Gasteiger partial charge in [-0.05, 0) is 60.2 Å². The first-order valence-electron chi connectivity index (χ1n) is 9.05. The topological polar surface area (TPSA) is 60.5 Å². The van der Waals surface area contributed by atoms with Crippen molar-refractivity contribution in [2.75, 3.05) is 5.73 Å². The van der Waals surface area contributed by atoms with Crippen LogP contribution in [0, 0.1) is 11.7 Å². The molecule has 4 nitrogen and oxygen atoms in total. The van der Waals surface area contributed by atoms with Crippen molar-refractivity contribution in [2.45, 2.75) is 19.8 Å². The van der Waals surface area contributed by atoms with Crippen LogP contribution in [0.1, 0.15) is 25.3 Å². The number of halogens is 2. The molecule has 4 rings (SSSR count). The summed E-state index contributed by atoms with van der Waals surface area (Å²) >= 11 is 5.89. The van der Waals surface area contributed by atoms with Gasteiger partial charge in [0.05, 0.1) is 11.2 Å². The van der Waals surface area contributed by atoms with Gasteiger partial charge in [0.1, 0.15) is 10.8 Å². The summed E-state index contributed by atoms with van der Waals surface area (Å²) in [6.45, 7) is 2.16. The van der Waals surface area contributed by atoms with Gasteiger partial charge < -0.3 is 10.5 Å². The number of hydrogen-bond acceptors (Lipinski definition) is 4. The highest BCUT2D eigenvalue weighted by Crippen LogP contribution is 2.36. The lowest BCUT2D eigenvalue weighted by atomic mass is 9.97. The molecule has 6 heteroatoms. The van der Waals surface area contributed by atoms with Crippen LogP contribution in [0.2, 0.25) is 5.02 Å². The predicted octanol–water partition coefficient (Wildman–Crippen LogP) is 6.24. The summed E-state index contributed by atoms with van der Waals surface area (Å²) < 4.78 is 20.1. The van der Waals surface area contributed by atoms with Crippen molar-refractivity contribution in [1.82, 2.24) is 4.98 Å². The molecule has 1 unspecified atom stereocenters. The maximum atomic E-state index is 14.4. The van der Waals surface area contributed by atoms with E-state index in [1.165, 1.54) is 17.7 Å². The Morgan fingerprint density at radius 3 is 2.89 bits per heavy atom. The van der Waals surface area contributed by atoms with Crippen LogP contribution in [0.5, 0.6) is 11.5 Å². The van der Waals surface area contributed by atoms with Crippen LogP contribution < -0.4 is 10.5 Å². The van der Waals surface area contributed by atoms with E-state index in [2.05, 4.69) is 16.9 Å². The molecule has 1 aliphatic rings. The molecule has 0 amide bonds. The molecule has 3 aromatic rings. The van der Waals surface area contributed by atoms with Crippen molar-refractivity contribution in [2.24, 2.45) is 10.9 Å². The van der Waals surface area contributed by atoms with E-state index in [1.54, 1.807) is 12.3 Å². The summed E-state index contributed by atoms with van der Waals surface area (Å²) in [7, 11) is 0. The van der Waals surface area contributed by atoms with E-state index in [1.807, 2.05) is 30.6 Å². The van der Waals surface area contributed by atoms with Gasteiger partial charge in [-0.2, -0.15) is 0 Å². The van der Waals surface area contributed by atoms with Crippen molar-refractivity contribution < 1.29 is 9.13 Å². The number of pyridine rings is 1. The van der Waals surface area contributed by atoms with E-state index in [0.29, 0.717) is 11.7 Å². The maximum Gasteiger partial charge on any atom is 0.186 e. The van der Waals surface area contributed by atoms with Crippen LogP contribution >= 0.6 is 11.6 Å². The molecule has 1 aliphatic heterocycles.